The Morgan fingerprint density at radius 2 is 1.22 bits per heavy atom. The van der Waals surface area contributed by atoms with Gasteiger partial charge in [-0.1, -0.05) is 27.7 Å². The minimum absolute atomic E-state index is 0.521. The van der Waals surface area contributed by atoms with Crippen molar-refractivity contribution in [3.8, 4) is 0 Å². The van der Waals surface area contributed by atoms with E-state index in [0.29, 0.717) is 38.4 Å². The zero-order chi connectivity index (χ0) is 13.6. The molecule has 0 bridgehead atoms. The summed E-state index contributed by atoms with van der Waals surface area (Å²) in [5.41, 5.74) is 0. The van der Waals surface area contributed by atoms with E-state index in [4.69, 9.17) is 14.2 Å². The predicted octanol–water partition coefficient (Wildman–Crippen LogP) is 2.08. The van der Waals surface area contributed by atoms with Gasteiger partial charge in [-0.3, -0.25) is 0 Å². The van der Waals surface area contributed by atoms with E-state index in [0.717, 1.165) is 26.2 Å². The molecule has 0 aliphatic heterocycles. The molecule has 0 saturated carbocycles. The SMILES string of the molecule is CC(C)CCOCCOCCOCCNC(C)C. The van der Waals surface area contributed by atoms with Gasteiger partial charge < -0.3 is 19.5 Å². The van der Waals surface area contributed by atoms with Crippen molar-refractivity contribution >= 4 is 0 Å². The molecule has 1 N–H and O–H groups in total. The zero-order valence-corrected chi connectivity index (χ0v) is 12.5. The lowest BCUT2D eigenvalue weighted by molar-refractivity contribution is 0.0132. The molecule has 0 radical (unpaired) electrons. The average molecular weight is 261 g/mol. The molecule has 0 heterocycles. The van der Waals surface area contributed by atoms with Crippen LogP contribution < -0.4 is 5.32 Å². The van der Waals surface area contributed by atoms with Crippen molar-refractivity contribution in [2.45, 2.75) is 40.2 Å². The van der Waals surface area contributed by atoms with Gasteiger partial charge in [0.05, 0.1) is 33.0 Å². The van der Waals surface area contributed by atoms with E-state index in [-0.39, 0.29) is 0 Å². The summed E-state index contributed by atoms with van der Waals surface area (Å²) in [6, 6.07) is 0.521. The molecule has 4 heteroatoms. The maximum atomic E-state index is 5.44. The molecule has 4 nitrogen and oxygen atoms in total. The molecule has 0 spiro atoms. The smallest absolute Gasteiger partial charge is 0.0701 e. The third-order valence-corrected chi connectivity index (χ3v) is 2.38. The fourth-order valence-corrected chi connectivity index (χ4v) is 1.28. The third kappa shape index (κ3) is 15.8. The lowest BCUT2D eigenvalue weighted by Gasteiger charge is -2.09. The Hall–Kier alpha value is -0.160. The van der Waals surface area contributed by atoms with E-state index < -0.39 is 0 Å². The normalized spacial score (nSPS) is 11.7. The molecule has 110 valence electrons. The van der Waals surface area contributed by atoms with Crippen LogP contribution in [-0.4, -0.2) is 52.2 Å². The maximum absolute atomic E-state index is 5.44. The molecule has 0 aromatic rings. The van der Waals surface area contributed by atoms with Gasteiger partial charge in [0.2, 0.25) is 0 Å². The predicted molar refractivity (Wildman–Crippen MR) is 75.1 cm³/mol. The van der Waals surface area contributed by atoms with Gasteiger partial charge in [0, 0.05) is 19.2 Å². The van der Waals surface area contributed by atoms with Crippen molar-refractivity contribution in [1.29, 1.82) is 0 Å². The Labute approximate surface area is 112 Å². The van der Waals surface area contributed by atoms with Crippen molar-refractivity contribution in [3.63, 3.8) is 0 Å². The summed E-state index contributed by atoms with van der Waals surface area (Å²) >= 11 is 0. The van der Waals surface area contributed by atoms with Crippen LogP contribution in [-0.2, 0) is 14.2 Å². The highest BCUT2D eigenvalue weighted by Gasteiger charge is 1.95. The molecular weight excluding hydrogens is 230 g/mol. The van der Waals surface area contributed by atoms with Gasteiger partial charge in [-0.05, 0) is 12.3 Å². The standard InChI is InChI=1S/C14H31NO3/c1-13(2)5-7-16-9-11-18-12-10-17-8-6-15-14(3)4/h13-15H,5-12H2,1-4H3. The van der Waals surface area contributed by atoms with E-state index >= 15 is 0 Å². The number of hydrogen-bond donors (Lipinski definition) is 1. The van der Waals surface area contributed by atoms with Gasteiger partial charge in [0.25, 0.3) is 0 Å². The summed E-state index contributed by atoms with van der Waals surface area (Å²) in [7, 11) is 0. The van der Waals surface area contributed by atoms with Crippen molar-refractivity contribution in [3.05, 3.63) is 0 Å². The highest BCUT2D eigenvalue weighted by molar-refractivity contribution is 4.50. The first-order valence-corrected chi connectivity index (χ1v) is 7.09. The van der Waals surface area contributed by atoms with E-state index in [1.54, 1.807) is 0 Å². The molecule has 0 saturated heterocycles. The van der Waals surface area contributed by atoms with Gasteiger partial charge >= 0.3 is 0 Å². The van der Waals surface area contributed by atoms with Crippen molar-refractivity contribution in [1.82, 2.24) is 5.32 Å². The zero-order valence-electron chi connectivity index (χ0n) is 12.5. The summed E-state index contributed by atoms with van der Waals surface area (Å²) in [5, 5.41) is 3.29. The molecule has 0 aromatic heterocycles. The monoisotopic (exact) mass is 261 g/mol. The lowest BCUT2D eigenvalue weighted by atomic mass is 10.1. The second-order valence-electron chi connectivity index (χ2n) is 5.13. The first-order valence-electron chi connectivity index (χ1n) is 7.09. The minimum atomic E-state index is 0.521. The molecule has 0 atom stereocenters. The fraction of sp³-hybridized carbons (Fsp3) is 1.00. The topological polar surface area (TPSA) is 39.7 Å². The number of ether oxygens (including phenoxy) is 3. The molecule has 0 aliphatic rings. The van der Waals surface area contributed by atoms with Gasteiger partial charge in [0.15, 0.2) is 0 Å². The molecule has 0 unspecified atom stereocenters. The maximum Gasteiger partial charge on any atom is 0.0701 e. The summed E-state index contributed by atoms with van der Waals surface area (Å²) in [6.45, 7) is 13.8. The van der Waals surface area contributed by atoms with E-state index in [1.807, 2.05) is 0 Å². The molecule has 0 aromatic carbocycles. The average Bonchev–Trinajstić information content (AvgIpc) is 2.29. The number of nitrogens with one attached hydrogen (secondary N) is 1. The second-order valence-corrected chi connectivity index (χ2v) is 5.13. The highest BCUT2D eigenvalue weighted by atomic mass is 16.5. The Morgan fingerprint density at radius 1 is 0.722 bits per heavy atom. The van der Waals surface area contributed by atoms with Gasteiger partial charge in [-0.15, -0.1) is 0 Å². The van der Waals surface area contributed by atoms with Crippen molar-refractivity contribution in [2.75, 3.05) is 46.2 Å². The fourth-order valence-electron chi connectivity index (χ4n) is 1.28. The molecule has 0 rings (SSSR count). The van der Waals surface area contributed by atoms with Gasteiger partial charge in [-0.2, -0.15) is 0 Å². The summed E-state index contributed by atoms with van der Waals surface area (Å²) in [4.78, 5) is 0. The summed E-state index contributed by atoms with van der Waals surface area (Å²) in [6.07, 6.45) is 1.12. The molecule has 18 heavy (non-hydrogen) atoms. The molecular formula is C14H31NO3. The lowest BCUT2D eigenvalue weighted by Crippen LogP contribution is -2.27. The van der Waals surface area contributed by atoms with Crippen LogP contribution in [0.4, 0.5) is 0 Å². The number of hydrogen-bond acceptors (Lipinski definition) is 4. The van der Waals surface area contributed by atoms with Crippen molar-refractivity contribution < 1.29 is 14.2 Å². The van der Waals surface area contributed by atoms with E-state index in [2.05, 4.69) is 33.0 Å². The summed E-state index contributed by atoms with van der Waals surface area (Å²) in [5.74, 6) is 0.707. The number of rotatable bonds is 13. The van der Waals surface area contributed by atoms with E-state index in [9.17, 15) is 0 Å². The van der Waals surface area contributed by atoms with Crippen molar-refractivity contribution in [2.24, 2.45) is 5.92 Å². The third-order valence-electron chi connectivity index (χ3n) is 2.38. The van der Waals surface area contributed by atoms with Crippen LogP contribution in [0.15, 0.2) is 0 Å². The van der Waals surface area contributed by atoms with E-state index in [1.165, 1.54) is 0 Å². The highest BCUT2D eigenvalue weighted by Crippen LogP contribution is 1.98. The first-order chi connectivity index (χ1) is 8.63. The van der Waals surface area contributed by atoms with Crippen LogP contribution in [0.5, 0.6) is 0 Å². The second kappa shape index (κ2) is 13.3. The van der Waals surface area contributed by atoms with Crippen LogP contribution in [0, 0.1) is 5.92 Å². The minimum Gasteiger partial charge on any atom is -0.379 e. The van der Waals surface area contributed by atoms with Crippen LogP contribution in [0.3, 0.4) is 0 Å². The molecule has 0 fully saturated rings. The Kier molecular flexibility index (Phi) is 13.2. The largest absolute Gasteiger partial charge is 0.379 e. The van der Waals surface area contributed by atoms with Gasteiger partial charge in [0.1, 0.15) is 0 Å². The Morgan fingerprint density at radius 3 is 1.72 bits per heavy atom. The first kappa shape index (κ1) is 17.8. The molecule has 0 amide bonds. The van der Waals surface area contributed by atoms with Crippen LogP contribution in [0.25, 0.3) is 0 Å². The quantitative estimate of drug-likeness (QED) is 0.515. The Balaban J connectivity index is 2.95. The van der Waals surface area contributed by atoms with Crippen LogP contribution in [0.1, 0.15) is 34.1 Å². The Bertz CT molecular complexity index is 145. The van der Waals surface area contributed by atoms with Crippen LogP contribution >= 0.6 is 0 Å². The van der Waals surface area contributed by atoms with Crippen LogP contribution in [0.2, 0.25) is 0 Å². The molecule has 0 aliphatic carbocycles. The van der Waals surface area contributed by atoms with Gasteiger partial charge in [-0.25, -0.2) is 0 Å². The summed E-state index contributed by atoms with van der Waals surface area (Å²) < 4.78 is 16.3.